The first-order valence-corrected chi connectivity index (χ1v) is 4.43. The molecular formula is C9H11N3O4. The van der Waals surface area contributed by atoms with Crippen molar-refractivity contribution < 1.29 is 15.1 Å². The Bertz CT molecular complexity index is 408. The molecule has 0 unspecified atom stereocenters. The van der Waals surface area contributed by atoms with E-state index in [9.17, 15) is 14.8 Å². The Balaban J connectivity index is 2.82. The van der Waals surface area contributed by atoms with E-state index in [1.165, 1.54) is 23.7 Å². The van der Waals surface area contributed by atoms with Crippen LogP contribution >= 0.6 is 0 Å². The van der Waals surface area contributed by atoms with Gasteiger partial charge in [-0.05, 0) is 29.3 Å². The highest BCUT2D eigenvalue weighted by atomic mass is 16.5. The van der Waals surface area contributed by atoms with E-state index < -0.39 is 11.9 Å². The number of rotatable bonds is 4. The summed E-state index contributed by atoms with van der Waals surface area (Å²) in [5, 5.41) is 20.1. The Morgan fingerprint density at radius 1 is 1.56 bits per heavy atom. The van der Waals surface area contributed by atoms with Crippen LogP contribution in [0.1, 0.15) is 5.56 Å². The first kappa shape index (κ1) is 12.1. The van der Waals surface area contributed by atoms with Gasteiger partial charge in [0, 0.05) is 0 Å². The number of phenolic OH excluding ortho intramolecular Hbond substituents is 1. The predicted molar refractivity (Wildman–Crippen MR) is 55.2 cm³/mol. The van der Waals surface area contributed by atoms with Crippen molar-refractivity contribution in [2.24, 2.45) is 10.9 Å². The fraction of sp³-hybridized carbons (Fsp3) is 0.222. The van der Waals surface area contributed by atoms with Gasteiger partial charge in [0.15, 0.2) is 0 Å². The summed E-state index contributed by atoms with van der Waals surface area (Å²) in [6, 6.07) is 3.19. The molecular weight excluding hydrogens is 214 g/mol. The second-order valence-corrected chi connectivity index (χ2v) is 3.20. The van der Waals surface area contributed by atoms with Gasteiger partial charge in [-0.15, -0.1) is 4.91 Å². The molecule has 0 spiro atoms. The second kappa shape index (κ2) is 5.19. The molecule has 1 aromatic carbocycles. The van der Waals surface area contributed by atoms with Gasteiger partial charge in [0.2, 0.25) is 0 Å². The van der Waals surface area contributed by atoms with Crippen molar-refractivity contribution in [3.63, 3.8) is 0 Å². The van der Waals surface area contributed by atoms with Crippen LogP contribution < -0.4 is 11.2 Å². The molecule has 1 aromatic rings. The summed E-state index contributed by atoms with van der Waals surface area (Å²) < 4.78 is 0. The molecule has 0 aliphatic heterocycles. The maximum Gasteiger partial charge on any atom is 0.260 e. The number of carbonyl (C=O) groups excluding carboxylic acids is 1. The molecule has 0 saturated heterocycles. The number of amides is 1. The van der Waals surface area contributed by atoms with Crippen LogP contribution in [-0.2, 0) is 11.2 Å². The average Bonchev–Trinajstić information content (AvgIpc) is 2.30. The van der Waals surface area contributed by atoms with Crippen LogP contribution in [0, 0.1) is 4.91 Å². The third-order valence-electron chi connectivity index (χ3n) is 2.04. The molecule has 7 heteroatoms. The van der Waals surface area contributed by atoms with Gasteiger partial charge in [-0.3, -0.25) is 10.0 Å². The van der Waals surface area contributed by atoms with Crippen LogP contribution in [0.4, 0.5) is 5.69 Å². The van der Waals surface area contributed by atoms with Gasteiger partial charge in [0.1, 0.15) is 11.4 Å². The largest absolute Gasteiger partial charge is 0.506 e. The maximum atomic E-state index is 10.9. The summed E-state index contributed by atoms with van der Waals surface area (Å²) in [5.74, 6) is -0.965. The maximum absolute atomic E-state index is 10.9. The molecule has 1 atom stereocenters. The number of nitrogens with two attached hydrogens (primary N) is 1. The number of nitroso groups, excluding NO2 is 1. The molecule has 0 aliphatic rings. The van der Waals surface area contributed by atoms with E-state index in [0.29, 0.717) is 5.56 Å². The Kier molecular flexibility index (Phi) is 3.92. The van der Waals surface area contributed by atoms with E-state index >= 15 is 0 Å². The highest BCUT2D eigenvalue weighted by Gasteiger charge is 2.14. The van der Waals surface area contributed by atoms with E-state index in [4.69, 9.17) is 10.9 Å². The van der Waals surface area contributed by atoms with Crippen molar-refractivity contribution in [3.8, 4) is 5.75 Å². The van der Waals surface area contributed by atoms with Crippen molar-refractivity contribution in [3.05, 3.63) is 28.7 Å². The van der Waals surface area contributed by atoms with Crippen molar-refractivity contribution in [2.75, 3.05) is 0 Å². The third kappa shape index (κ3) is 2.75. The normalized spacial score (nSPS) is 11.9. The monoisotopic (exact) mass is 225 g/mol. The van der Waals surface area contributed by atoms with Crippen LogP contribution in [-0.4, -0.2) is 22.3 Å². The second-order valence-electron chi connectivity index (χ2n) is 3.20. The molecule has 0 aliphatic carbocycles. The van der Waals surface area contributed by atoms with E-state index in [1.807, 2.05) is 0 Å². The minimum atomic E-state index is -0.936. The molecule has 0 radical (unpaired) electrons. The van der Waals surface area contributed by atoms with Crippen molar-refractivity contribution in [1.29, 1.82) is 0 Å². The number of hydrogen-bond donors (Lipinski definition) is 4. The van der Waals surface area contributed by atoms with Gasteiger partial charge in [-0.1, -0.05) is 6.07 Å². The van der Waals surface area contributed by atoms with Crippen LogP contribution in [0.15, 0.2) is 23.4 Å². The van der Waals surface area contributed by atoms with E-state index in [0.717, 1.165) is 0 Å². The first-order chi connectivity index (χ1) is 7.58. The van der Waals surface area contributed by atoms with Gasteiger partial charge in [-0.25, -0.2) is 5.48 Å². The minimum absolute atomic E-state index is 0.117. The van der Waals surface area contributed by atoms with Crippen LogP contribution in [0.2, 0.25) is 0 Å². The van der Waals surface area contributed by atoms with Crippen LogP contribution in [0.3, 0.4) is 0 Å². The number of phenols is 1. The van der Waals surface area contributed by atoms with Gasteiger partial charge in [0.05, 0.1) is 6.04 Å². The molecule has 1 amide bonds. The van der Waals surface area contributed by atoms with Gasteiger partial charge in [-0.2, -0.15) is 0 Å². The fourth-order valence-electron chi connectivity index (χ4n) is 1.20. The highest BCUT2D eigenvalue weighted by Crippen LogP contribution is 2.27. The zero-order chi connectivity index (χ0) is 12.1. The number of hydroxylamine groups is 1. The molecule has 0 saturated carbocycles. The predicted octanol–water partition coefficient (Wildman–Crippen LogP) is 0.165. The zero-order valence-corrected chi connectivity index (χ0v) is 8.25. The lowest BCUT2D eigenvalue weighted by Crippen LogP contribution is -2.40. The Labute approximate surface area is 90.8 Å². The lowest BCUT2D eigenvalue weighted by Gasteiger charge is -2.09. The Hall–Kier alpha value is -1.99. The summed E-state index contributed by atoms with van der Waals surface area (Å²) in [4.78, 5) is 21.2. The molecule has 0 heterocycles. The molecule has 0 aromatic heterocycles. The third-order valence-corrected chi connectivity index (χ3v) is 2.04. The smallest absolute Gasteiger partial charge is 0.260 e. The van der Waals surface area contributed by atoms with Crippen LogP contribution in [0.25, 0.3) is 0 Å². The summed E-state index contributed by atoms with van der Waals surface area (Å²) >= 11 is 0. The summed E-state index contributed by atoms with van der Waals surface area (Å²) in [5.41, 5.74) is 7.31. The topological polar surface area (TPSA) is 125 Å². The fourth-order valence-corrected chi connectivity index (χ4v) is 1.20. The zero-order valence-electron chi connectivity index (χ0n) is 8.25. The minimum Gasteiger partial charge on any atom is -0.506 e. The number of hydrogen-bond acceptors (Lipinski definition) is 6. The highest BCUT2D eigenvalue weighted by molar-refractivity contribution is 5.80. The molecule has 86 valence electrons. The molecule has 5 N–H and O–H groups in total. The quantitative estimate of drug-likeness (QED) is 0.330. The summed E-state index contributed by atoms with van der Waals surface area (Å²) in [7, 11) is 0. The first-order valence-electron chi connectivity index (χ1n) is 4.43. The molecule has 0 fully saturated rings. The number of benzene rings is 1. The van der Waals surface area contributed by atoms with Crippen molar-refractivity contribution >= 4 is 11.6 Å². The number of nitrogens with zero attached hydrogens (tertiary/aromatic N) is 1. The van der Waals surface area contributed by atoms with E-state index in [1.54, 1.807) is 0 Å². The Morgan fingerprint density at radius 2 is 2.25 bits per heavy atom. The van der Waals surface area contributed by atoms with E-state index in [2.05, 4.69) is 5.18 Å². The molecule has 16 heavy (non-hydrogen) atoms. The molecule has 1 rings (SSSR count). The molecule has 7 nitrogen and oxygen atoms in total. The number of carbonyl (C=O) groups is 1. The van der Waals surface area contributed by atoms with Gasteiger partial charge >= 0.3 is 0 Å². The molecule has 0 bridgehead atoms. The number of nitrogens with one attached hydrogen (secondary N) is 1. The summed E-state index contributed by atoms with van der Waals surface area (Å²) in [6.45, 7) is 0. The van der Waals surface area contributed by atoms with Gasteiger partial charge in [0.25, 0.3) is 5.91 Å². The summed E-state index contributed by atoms with van der Waals surface area (Å²) in [6.07, 6.45) is 0.120. The Morgan fingerprint density at radius 3 is 2.81 bits per heavy atom. The van der Waals surface area contributed by atoms with E-state index in [-0.39, 0.29) is 17.9 Å². The number of aromatic hydroxyl groups is 1. The standard InChI is InChI=1S/C9H11N3O4/c10-6(9(14)12-16)3-5-1-2-8(13)7(4-5)11-15/h1-2,4,6,13,16H,3,10H2,(H,12,14)/t6-/m0/s1. The SMILES string of the molecule is N[C@@H](Cc1ccc(O)c(N=O)c1)C(=O)NO. The van der Waals surface area contributed by atoms with Crippen molar-refractivity contribution in [1.82, 2.24) is 5.48 Å². The lowest BCUT2D eigenvalue weighted by atomic mass is 10.1. The lowest BCUT2D eigenvalue weighted by molar-refractivity contribution is -0.130. The van der Waals surface area contributed by atoms with Gasteiger partial charge < -0.3 is 10.8 Å². The average molecular weight is 225 g/mol. The van der Waals surface area contributed by atoms with Crippen molar-refractivity contribution in [2.45, 2.75) is 12.5 Å². The van der Waals surface area contributed by atoms with Crippen LogP contribution in [0.5, 0.6) is 5.75 Å².